The molecule has 0 saturated carbocycles. The number of hydrogen-bond donors (Lipinski definition) is 1. The molecule has 1 aromatic carbocycles. The fraction of sp³-hybridized carbons (Fsp3) is 0.467. The Bertz CT molecular complexity index is 598. The van der Waals surface area contributed by atoms with Gasteiger partial charge in [0.2, 0.25) is 5.75 Å². The van der Waals surface area contributed by atoms with Gasteiger partial charge in [-0.15, -0.1) is 0 Å². The van der Waals surface area contributed by atoms with Crippen molar-refractivity contribution in [3.8, 4) is 11.5 Å². The smallest absolute Gasteiger partial charge is 0.311 e. The molecule has 0 fully saturated rings. The minimum atomic E-state index is -1.000. The Morgan fingerprint density at radius 1 is 1.13 bits per heavy atom. The lowest BCUT2D eigenvalue weighted by atomic mass is 10.0. The average molecular weight is 325 g/mol. The van der Waals surface area contributed by atoms with E-state index in [0.29, 0.717) is 0 Å². The zero-order valence-electron chi connectivity index (χ0n) is 13.0. The van der Waals surface area contributed by atoms with Crippen LogP contribution in [0.25, 0.3) is 0 Å². The Kier molecular flexibility index (Phi) is 6.98. The van der Waals surface area contributed by atoms with Crippen LogP contribution in [0.4, 0.5) is 5.69 Å². The van der Waals surface area contributed by atoms with Crippen LogP contribution in [-0.4, -0.2) is 35.0 Å². The predicted octanol–water partition coefficient (Wildman–Crippen LogP) is 2.83. The van der Waals surface area contributed by atoms with Gasteiger partial charge >= 0.3 is 11.7 Å². The molecule has 0 amide bonds. The average Bonchev–Trinajstić information content (AvgIpc) is 2.47. The SMILES string of the molecule is CCOc1cc(OCC)c([N+](=O)[O-])cc1C(=O)CCCC(=O)O. The summed E-state index contributed by atoms with van der Waals surface area (Å²) in [5.74, 6) is -1.17. The molecule has 1 N–H and O–H groups in total. The van der Waals surface area contributed by atoms with Crippen molar-refractivity contribution >= 4 is 17.4 Å². The molecule has 0 saturated heterocycles. The molecule has 0 unspecified atom stereocenters. The summed E-state index contributed by atoms with van der Waals surface area (Å²) >= 11 is 0. The molecule has 1 rings (SSSR count). The van der Waals surface area contributed by atoms with Crippen LogP contribution in [-0.2, 0) is 4.79 Å². The fourth-order valence-corrected chi connectivity index (χ4v) is 1.99. The quantitative estimate of drug-likeness (QED) is 0.399. The lowest BCUT2D eigenvalue weighted by Gasteiger charge is -2.12. The summed E-state index contributed by atoms with van der Waals surface area (Å²) in [6.45, 7) is 3.92. The maximum Gasteiger partial charge on any atom is 0.311 e. The molecule has 0 spiro atoms. The van der Waals surface area contributed by atoms with E-state index in [4.69, 9.17) is 14.6 Å². The number of ether oxygens (including phenoxy) is 2. The summed E-state index contributed by atoms with van der Waals surface area (Å²) in [6.07, 6.45) is -0.0208. The molecule has 1 aromatic rings. The van der Waals surface area contributed by atoms with Crippen molar-refractivity contribution in [1.82, 2.24) is 0 Å². The number of Topliss-reactive ketones (excluding diaryl/α,β-unsaturated/α-hetero) is 1. The lowest BCUT2D eigenvalue weighted by molar-refractivity contribution is -0.385. The highest BCUT2D eigenvalue weighted by atomic mass is 16.6. The number of nitro benzene ring substituents is 1. The van der Waals surface area contributed by atoms with E-state index in [1.807, 2.05) is 0 Å². The van der Waals surface area contributed by atoms with Crippen LogP contribution >= 0.6 is 0 Å². The standard InChI is InChI=1S/C15H19NO7/c1-3-22-13-9-14(23-4-2)11(16(20)21)8-10(13)12(17)6-5-7-15(18)19/h8-9H,3-7H2,1-2H3,(H,18,19). The van der Waals surface area contributed by atoms with Gasteiger partial charge in [-0.1, -0.05) is 0 Å². The van der Waals surface area contributed by atoms with Crippen molar-refractivity contribution < 1.29 is 29.1 Å². The van der Waals surface area contributed by atoms with Crippen LogP contribution in [0, 0.1) is 10.1 Å². The van der Waals surface area contributed by atoms with Crippen molar-refractivity contribution in [3.63, 3.8) is 0 Å². The number of carboxylic acids is 1. The van der Waals surface area contributed by atoms with Gasteiger partial charge in [-0.3, -0.25) is 19.7 Å². The van der Waals surface area contributed by atoms with Crippen molar-refractivity contribution in [3.05, 3.63) is 27.8 Å². The molecule has 126 valence electrons. The van der Waals surface area contributed by atoms with Gasteiger partial charge < -0.3 is 14.6 Å². The van der Waals surface area contributed by atoms with Gasteiger partial charge in [0.05, 0.1) is 23.7 Å². The number of carbonyl (C=O) groups is 2. The number of benzene rings is 1. The largest absolute Gasteiger partial charge is 0.493 e. The Morgan fingerprint density at radius 2 is 1.74 bits per heavy atom. The minimum Gasteiger partial charge on any atom is -0.493 e. The predicted molar refractivity (Wildman–Crippen MR) is 81.3 cm³/mol. The van der Waals surface area contributed by atoms with Crippen molar-refractivity contribution in [1.29, 1.82) is 0 Å². The van der Waals surface area contributed by atoms with Crippen LogP contribution in [0.1, 0.15) is 43.5 Å². The minimum absolute atomic E-state index is 0.0302. The number of nitro groups is 1. The van der Waals surface area contributed by atoms with E-state index in [1.165, 1.54) is 6.07 Å². The molecule has 0 aromatic heterocycles. The highest BCUT2D eigenvalue weighted by Crippen LogP contribution is 2.35. The highest BCUT2D eigenvalue weighted by Gasteiger charge is 2.23. The van der Waals surface area contributed by atoms with E-state index < -0.39 is 16.7 Å². The Hall–Kier alpha value is -2.64. The topological polar surface area (TPSA) is 116 Å². The summed E-state index contributed by atoms with van der Waals surface area (Å²) in [5, 5.41) is 19.7. The molecular weight excluding hydrogens is 306 g/mol. The molecule has 23 heavy (non-hydrogen) atoms. The van der Waals surface area contributed by atoms with E-state index >= 15 is 0 Å². The molecule has 0 bridgehead atoms. The summed E-state index contributed by atoms with van der Waals surface area (Å²) < 4.78 is 10.6. The number of hydrogen-bond acceptors (Lipinski definition) is 6. The van der Waals surface area contributed by atoms with Crippen LogP contribution in [0.15, 0.2) is 12.1 Å². The monoisotopic (exact) mass is 325 g/mol. The number of nitrogens with zero attached hydrogens (tertiary/aromatic N) is 1. The summed E-state index contributed by atoms with van der Waals surface area (Å²) in [5.41, 5.74) is -0.260. The molecule has 0 heterocycles. The van der Waals surface area contributed by atoms with Crippen molar-refractivity contribution in [2.45, 2.75) is 33.1 Å². The fourth-order valence-electron chi connectivity index (χ4n) is 1.99. The van der Waals surface area contributed by atoms with Gasteiger partial charge in [-0.05, 0) is 20.3 Å². The first-order valence-corrected chi connectivity index (χ1v) is 7.23. The van der Waals surface area contributed by atoms with Gasteiger partial charge in [0.15, 0.2) is 5.78 Å². The second-order valence-corrected chi connectivity index (χ2v) is 4.61. The zero-order chi connectivity index (χ0) is 17.4. The van der Waals surface area contributed by atoms with E-state index in [1.54, 1.807) is 13.8 Å². The summed E-state index contributed by atoms with van der Waals surface area (Å²) in [6, 6.07) is 2.45. The number of aliphatic carboxylic acids is 1. The summed E-state index contributed by atoms with van der Waals surface area (Å²) in [4.78, 5) is 33.2. The molecular formula is C15H19NO7. The van der Waals surface area contributed by atoms with Crippen LogP contribution in [0.3, 0.4) is 0 Å². The molecule has 8 heteroatoms. The van der Waals surface area contributed by atoms with E-state index in [-0.39, 0.29) is 55.2 Å². The Balaban J connectivity index is 3.16. The molecule has 0 atom stereocenters. The van der Waals surface area contributed by atoms with E-state index in [0.717, 1.165) is 6.07 Å². The third-order valence-electron chi connectivity index (χ3n) is 2.95. The van der Waals surface area contributed by atoms with Gasteiger partial charge in [0, 0.05) is 25.0 Å². The second kappa shape index (κ2) is 8.72. The molecule has 8 nitrogen and oxygen atoms in total. The summed E-state index contributed by atoms with van der Waals surface area (Å²) in [7, 11) is 0. The number of ketones is 1. The van der Waals surface area contributed by atoms with E-state index in [2.05, 4.69) is 0 Å². The first kappa shape index (κ1) is 18.4. The normalized spacial score (nSPS) is 10.2. The van der Waals surface area contributed by atoms with Gasteiger partial charge in [0.1, 0.15) is 5.75 Å². The maximum absolute atomic E-state index is 12.2. The van der Waals surface area contributed by atoms with E-state index in [9.17, 15) is 19.7 Å². The van der Waals surface area contributed by atoms with Crippen LogP contribution in [0.5, 0.6) is 11.5 Å². The van der Waals surface area contributed by atoms with Gasteiger partial charge in [0.25, 0.3) is 0 Å². The molecule has 0 radical (unpaired) electrons. The van der Waals surface area contributed by atoms with Crippen LogP contribution in [0.2, 0.25) is 0 Å². The van der Waals surface area contributed by atoms with Gasteiger partial charge in [-0.2, -0.15) is 0 Å². The zero-order valence-corrected chi connectivity index (χ0v) is 13.0. The number of carbonyl (C=O) groups excluding carboxylic acids is 1. The first-order chi connectivity index (χ1) is 10.9. The number of rotatable bonds is 10. The first-order valence-electron chi connectivity index (χ1n) is 7.23. The molecule has 0 aliphatic rings. The molecule has 0 aliphatic heterocycles. The Morgan fingerprint density at radius 3 is 2.26 bits per heavy atom. The molecule has 0 aliphatic carbocycles. The third kappa shape index (κ3) is 5.24. The highest BCUT2D eigenvalue weighted by molar-refractivity contribution is 5.99. The lowest BCUT2D eigenvalue weighted by Crippen LogP contribution is -2.08. The van der Waals surface area contributed by atoms with Crippen molar-refractivity contribution in [2.75, 3.05) is 13.2 Å². The number of carboxylic acid groups (broad SMARTS) is 1. The second-order valence-electron chi connectivity index (χ2n) is 4.61. The maximum atomic E-state index is 12.2. The Labute approximate surface area is 133 Å². The van der Waals surface area contributed by atoms with Crippen LogP contribution < -0.4 is 9.47 Å². The van der Waals surface area contributed by atoms with Gasteiger partial charge in [-0.25, -0.2) is 0 Å². The third-order valence-corrected chi connectivity index (χ3v) is 2.95. The van der Waals surface area contributed by atoms with Crippen molar-refractivity contribution in [2.24, 2.45) is 0 Å².